The molecule has 0 aliphatic heterocycles. The summed E-state index contributed by atoms with van der Waals surface area (Å²) in [6.45, 7) is 6.77. The third-order valence-electron chi connectivity index (χ3n) is 2.25. The van der Waals surface area contributed by atoms with E-state index in [1.165, 1.54) is 11.5 Å². The van der Waals surface area contributed by atoms with Crippen molar-refractivity contribution in [3.63, 3.8) is 0 Å². The Labute approximate surface area is 88.9 Å². The molecule has 0 saturated heterocycles. The SMILES string of the molecule is CCOC(C)(CC)c1nsc(NC)n1. The van der Waals surface area contributed by atoms with Gasteiger partial charge in [-0.2, -0.15) is 4.37 Å². The van der Waals surface area contributed by atoms with Gasteiger partial charge in [0.05, 0.1) is 0 Å². The normalized spacial score (nSPS) is 15.1. The Morgan fingerprint density at radius 3 is 2.64 bits per heavy atom. The van der Waals surface area contributed by atoms with E-state index in [0.29, 0.717) is 6.61 Å². The van der Waals surface area contributed by atoms with E-state index in [-0.39, 0.29) is 5.60 Å². The van der Waals surface area contributed by atoms with Crippen molar-refractivity contribution in [2.45, 2.75) is 32.8 Å². The molecule has 0 spiro atoms. The van der Waals surface area contributed by atoms with Crippen LogP contribution in [0, 0.1) is 0 Å². The first-order valence-electron chi connectivity index (χ1n) is 4.82. The first-order valence-corrected chi connectivity index (χ1v) is 5.59. The fourth-order valence-electron chi connectivity index (χ4n) is 1.18. The van der Waals surface area contributed by atoms with Gasteiger partial charge < -0.3 is 10.1 Å². The van der Waals surface area contributed by atoms with Crippen molar-refractivity contribution in [3.8, 4) is 0 Å². The molecular formula is C9H17N3OS. The Balaban J connectivity index is 2.87. The molecule has 1 unspecified atom stereocenters. The van der Waals surface area contributed by atoms with Crippen molar-refractivity contribution in [2.24, 2.45) is 0 Å². The van der Waals surface area contributed by atoms with E-state index in [2.05, 4.69) is 21.6 Å². The van der Waals surface area contributed by atoms with Gasteiger partial charge in [-0.15, -0.1) is 0 Å². The Bertz CT molecular complexity index is 289. The zero-order valence-corrected chi connectivity index (χ0v) is 9.94. The molecule has 0 aliphatic carbocycles. The fourth-order valence-corrected chi connectivity index (χ4v) is 1.81. The molecule has 0 saturated carbocycles. The number of hydrogen-bond donors (Lipinski definition) is 1. The summed E-state index contributed by atoms with van der Waals surface area (Å²) in [5, 5.41) is 3.81. The molecule has 1 aromatic rings. The Hall–Kier alpha value is -0.680. The van der Waals surface area contributed by atoms with Crippen LogP contribution in [0.3, 0.4) is 0 Å². The van der Waals surface area contributed by atoms with E-state index in [4.69, 9.17) is 4.74 Å². The first kappa shape index (κ1) is 11.4. The number of hydrogen-bond acceptors (Lipinski definition) is 5. The quantitative estimate of drug-likeness (QED) is 0.818. The van der Waals surface area contributed by atoms with Crippen LogP contribution in [-0.4, -0.2) is 23.0 Å². The molecule has 0 fully saturated rings. The van der Waals surface area contributed by atoms with Gasteiger partial charge in [0.1, 0.15) is 5.60 Å². The molecule has 14 heavy (non-hydrogen) atoms. The van der Waals surface area contributed by atoms with E-state index in [1.54, 1.807) is 0 Å². The van der Waals surface area contributed by atoms with Crippen LogP contribution in [0.1, 0.15) is 33.0 Å². The molecule has 80 valence electrons. The van der Waals surface area contributed by atoms with Crippen molar-refractivity contribution in [1.29, 1.82) is 0 Å². The highest BCUT2D eigenvalue weighted by molar-refractivity contribution is 7.09. The monoisotopic (exact) mass is 215 g/mol. The molecule has 0 radical (unpaired) electrons. The summed E-state index contributed by atoms with van der Waals surface area (Å²) in [7, 11) is 1.84. The van der Waals surface area contributed by atoms with Gasteiger partial charge in [0.25, 0.3) is 0 Å². The van der Waals surface area contributed by atoms with E-state index in [1.807, 2.05) is 20.9 Å². The summed E-state index contributed by atoms with van der Waals surface area (Å²) in [6.07, 6.45) is 0.876. The molecule has 1 aromatic heterocycles. The minimum atomic E-state index is -0.347. The van der Waals surface area contributed by atoms with Crippen molar-refractivity contribution in [3.05, 3.63) is 5.82 Å². The Morgan fingerprint density at radius 2 is 2.21 bits per heavy atom. The van der Waals surface area contributed by atoms with Crippen LogP contribution in [0.4, 0.5) is 5.13 Å². The molecule has 1 heterocycles. The van der Waals surface area contributed by atoms with E-state index >= 15 is 0 Å². The molecule has 4 nitrogen and oxygen atoms in total. The first-order chi connectivity index (χ1) is 6.66. The van der Waals surface area contributed by atoms with E-state index in [0.717, 1.165) is 17.4 Å². The molecule has 0 bridgehead atoms. The van der Waals surface area contributed by atoms with Gasteiger partial charge in [-0.1, -0.05) is 6.92 Å². The lowest BCUT2D eigenvalue weighted by molar-refractivity contribution is -0.0381. The maximum atomic E-state index is 5.68. The second-order valence-corrected chi connectivity index (χ2v) is 3.94. The van der Waals surface area contributed by atoms with Crippen molar-refractivity contribution < 1.29 is 4.74 Å². The van der Waals surface area contributed by atoms with Crippen LogP contribution >= 0.6 is 11.5 Å². The van der Waals surface area contributed by atoms with Gasteiger partial charge in [0, 0.05) is 25.2 Å². The summed E-state index contributed by atoms with van der Waals surface area (Å²) in [4.78, 5) is 4.36. The number of nitrogens with zero attached hydrogens (tertiary/aromatic N) is 2. The standard InChI is InChI=1S/C9H17N3OS/c1-5-9(3,13-6-2)7-11-8(10-4)14-12-7/h5-6H2,1-4H3,(H,10,11,12). The molecular weight excluding hydrogens is 198 g/mol. The topological polar surface area (TPSA) is 47.0 Å². The van der Waals surface area contributed by atoms with Crippen LogP contribution in [0.2, 0.25) is 0 Å². The lowest BCUT2D eigenvalue weighted by Crippen LogP contribution is -2.26. The average molecular weight is 215 g/mol. The maximum absolute atomic E-state index is 5.68. The predicted octanol–water partition coefficient (Wildman–Crippen LogP) is 2.24. The molecule has 1 N–H and O–H groups in total. The van der Waals surface area contributed by atoms with Gasteiger partial charge in [0.15, 0.2) is 5.82 Å². The van der Waals surface area contributed by atoms with Gasteiger partial charge >= 0.3 is 0 Å². The molecule has 1 rings (SSSR count). The third-order valence-corrected chi connectivity index (χ3v) is 2.98. The molecule has 0 aliphatic rings. The van der Waals surface area contributed by atoms with Gasteiger partial charge in [0.2, 0.25) is 5.13 Å². The van der Waals surface area contributed by atoms with Crippen LogP contribution in [0.25, 0.3) is 0 Å². The summed E-state index contributed by atoms with van der Waals surface area (Å²) in [6, 6.07) is 0. The van der Waals surface area contributed by atoms with Crippen LogP contribution in [-0.2, 0) is 10.3 Å². The minimum absolute atomic E-state index is 0.347. The Morgan fingerprint density at radius 1 is 1.50 bits per heavy atom. The fraction of sp³-hybridized carbons (Fsp3) is 0.778. The van der Waals surface area contributed by atoms with Gasteiger partial charge in [-0.05, 0) is 20.3 Å². The number of aromatic nitrogens is 2. The number of ether oxygens (including phenoxy) is 1. The summed E-state index contributed by atoms with van der Waals surface area (Å²) in [5.41, 5.74) is -0.347. The second-order valence-electron chi connectivity index (χ2n) is 3.19. The summed E-state index contributed by atoms with van der Waals surface area (Å²) < 4.78 is 9.97. The maximum Gasteiger partial charge on any atom is 0.202 e. The van der Waals surface area contributed by atoms with Crippen molar-refractivity contribution in [2.75, 3.05) is 19.0 Å². The lowest BCUT2D eigenvalue weighted by atomic mass is 10.0. The minimum Gasteiger partial charge on any atom is -0.368 e. The molecule has 5 heteroatoms. The lowest BCUT2D eigenvalue weighted by Gasteiger charge is -2.24. The number of rotatable bonds is 5. The zero-order chi connectivity index (χ0) is 10.6. The summed E-state index contributed by atoms with van der Waals surface area (Å²) in [5.74, 6) is 0.774. The Kier molecular flexibility index (Phi) is 3.83. The van der Waals surface area contributed by atoms with Crippen LogP contribution in [0.15, 0.2) is 0 Å². The smallest absolute Gasteiger partial charge is 0.202 e. The largest absolute Gasteiger partial charge is 0.368 e. The van der Waals surface area contributed by atoms with E-state index < -0.39 is 0 Å². The highest BCUT2D eigenvalue weighted by Gasteiger charge is 2.29. The molecule has 0 aromatic carbocycles. The van der Waals surface area contributed by atoms with Crippen LogP contribution in [0.5, 0.6) is 0 Å². The number of nitrogens with one attached hydrogen (secondary N) is 1. The van der Waals surface area contributed by atoms with Crippen molar-refractivity contribution in [1.82, 2.24) is 9.36 Å². The second kappa shape index (κ2) is 4.70. The molecule has 1 atom stereocenters. The van der Waals surface area contributed by atoms with Crippen molar-refractivity contribution >= 4 is 16.7 Å². The molecule has 0 amide bonds. The van der Waals surface area contributed by atoms with Gasteiger partial charge in [-0.3, -0.25) is 0 Å². The average Bonchev–Trinajstić information content (AvgIpc) is 2.66. The highest BCUT2D eigenvalue weighted by atomic mass is 32.1. The third kappa shape index (κ3) is 2.22. The van der Waals surface area contributed by atoms with Crippen LogP contribution < -0.4 is 5.32 Å². The number of anilines is 1. The highest BCUT2D eigenvalue weighted by Crippen LogP contribution is 2.28. The summed E-state index contributed by atoms with van der Waals surface area (Å²) >= 11 is 1.37. The van der Waals surface area contributed by atoms with Gasteiger partial charge in [-0.25, -0.2) is 4.98 Å². The predicted molar refractivity (Wildman–Crippen MR) is 58.7 cm³/mol. The zero-order valence-electron chi connectivity index (χ0n) is 9.13. The van der Waals surface area contributed by atoms with E-state index in [9.17, 15) is 0 Å².